The third-order valence-electron chi connectivity index (χ3n) is 2.86. The van der Waals surface area contributed by atoms with Crippen molar-refractivity contribution >= 4 is 5.91 Å². The van der Waals surface area contributed by atoms with Crippen molar-refractivity contribution in [3.05, 3.63) is 35.9 Å². The Morgan fingerprint density at radius 1 is 1.32 bits per heavy atom. The molecule has 1 aromatic carbocycles. The van der Waals surface area contributed by atoms with Gasteiger partial charge < -0.3 is 10.1 Å². The van der Waals surface area contributed by atoms with Crippen LogP contribution in [-0.2, 0) is 9.53 Å². The summed E-state index contributed by atoms with van der Waals surface area (Å²) >= 11 is 0. The Hall–Kier alpha value is -1.86. The Morgan fingerprint density at radius 2 is 1.89 bits per heavy atom. The molecule has 2 atom stereocenters. The summed E-state index contributed by atoms with van der Waals surface area (Å²) in [6.07, 6.45) is -0.695. The molecule has 0 spiro atoms. The molecule has 102 valence electrons. The largest absolute Gasteiger partial charge is 0.367 e. The number of amides is 1. The van der Waals surface area contributed by atoms with E-state index in [2.05, 4.69) is 11.4 Å². The molecular formula is C15H20N2O2. The molecule has 0 radical (unpaired) electrons. The average Bonchev–Trinajstić information content (AvgIpc) is 2.36. The van der Waals surface area contributed by atoms with Crippen LogP contribution in [0.15, 0.2) is 30.3 Å². The molecule has 1 aromatic rings. The van der Waals surface area contributed by atoms with Gasteiger partial charge in [-0.3, -0.25) is 4.79 Å². The number of carbonyl (C=O) groups excluding carboxylic acids is 1. The molecule has 1 amide bonds. The zero-order chi connectivity index (χ0) is 14.5. The van der Waals surface area contributed by atoms with Gasteiger partial charge in [0.2, 0.25) is 0 Å². The minimum absolute atomic E-state index is 0.296. The van der Waals surface area contributed by atoms with Crippen LogP contribution in [0.1, 0.15) is 32.4 Å². The highest BCUT2D eigenvalue weighted by atomic mass is 16.5. The fraction of sp³-hybridized carbons (Fsp3) is 0.467. The van der Waals surface area contributed by atoms with Crippen LogP contribution in [-0.4, -0.2) is 19.1 Å². The van der Waals surface area contributed by atoms with Gasteiger partial charge in [-0.15, -0.1) is 0 Å². The smallest absolute Gasteiger partial charge is 0.254 e. The first-order valence-corrected chi connectivity index (χ1v) is 6.18. The van der Waals surface area contributed by atoms with Crippen molar-refractivity contribution < 1.29 is 9.53 Å². The molecule has 0 fully saturated rings. The molecule has 0 heterocycles. The van der Waals surface area contributed by atoms with Crippen molar-refractivity contribution in [3.8, 4) is 6.07 Å². The molecule has 0 aromatic heterocycles. The van der Waals surface area contributed by atoms with Crippen molar-refractivity contribution in [3.63, 3.8) is 0 Å². The number of nitriles is 1. The highest BCUT2D eigenvalue weighted by molar-refractivity contribution is 5.82. The quantitative estimate of drug-likeness (QED) is 0.904. The Kier molecular flexibility index (Phi) is 5.08. The predicted octanol–water partition coefficient (Wildman–Crippen LogP) is 2.43. The predicted molar refractivity (Wildman–Crippen MR) is 73.2 cm³/mol. The van der Waals surface area contributed by atoms with Gasteiger partial charge in [-0.2, -0.15) is 5.26 Å². The maximum atomic E-state index is 12.2. The van der Waals surface area contributed by atoms with Gasteiger partial charge in [-0.25, -0.2) is 0 Å². The van der Waals surface area contributed by atoms with E-state index in [4.69, 9.17) is 10.00 Å². The molecule has 0 saturated heterocycles. The number of benzene rings is 1. The van der Waals surface area contributed by atoms with Gasteiger partial charge in [0.25, 0.3) is 5.91 Å². The number of hydrogen-bond donors (Lipinski definition) is 1. The van der Waals surface area contributed by atoms with Crippen LogP contribution in [0.2, 0.25) is 0 Å². The molecule has 0 aliphatic carbocycles. The molecule has 0 bridgehead atoms. The third-order valence-corrected chi connectivity index (χ3v) is 2.86. The Morgan fingerprint density at radius 3 is 2.32 bits per heavy atom. The number of methoxy groups -OCH3 is 1. The summed E-state index contributed by atoms with van der Waals surface area (Å²) in [5.74, 6) is -0.296. The van der Waals surface area contributed by atoms with Crippen LogP contribution in [0.25, 0.3) is 0 Å². The molecule has 1 N–H and O–H groups in total. The van der Waals surface area contributed by atoms with Crippen molar-refractivity contribution in [1.82, 2.24) is 5.32 Å². The van der Waals surface area contributed by atoms with Crippen molar-refractivity contribution in [2.45, 2.75) is 32.9 Å². The third kappa shape index (κ3) is 4.08. The van der Waals surface area contributed by atoms with Crippen molar-refractivity contribution in [1.29, 1.82) is 5.26 Å². The van der Waals surface area contributed by atoms with E-state index >= 15 is 0 Å². The first-order chi connectivity index (χ1) is 8.90. The highest BCUT2D eigenvalue weighted by Gasteiger charge is 2.29. The first kappa shape index (κ1) is 15.2. The summed E-state index contributed by atoms with van der Waals surface area (Å²) in [6.45, 7) is 5.72. The Bertz CT molecular complexity index is 457. The molecule has 0 saturated carbocycles. The van der Waals surface area contributed by atoms with Crippen LogP contribution in [0.4, 0.5) is 0 Å². The summed E-state index contributed by atoms with van der Waals surface area (Å²) in [5, 5.41) is 11.9. The first-order valence-electron chi connectivity index (χ1n) is 6.18. The zero-order valence-corrected chi connectivity index (χ0v) is 11.8. The van der Waals surface area contributed by atoms with Gasteiger partial charge in [0, 0.05) is 7.11 Å². The topological polar surface area (TPSA) is 62.1 Å². The summed E-state index contributed by atoms with van der Waals surface area (Å²) < 4.78 is 5.23. The second-order valence-electron chi connectivity index (χ2n) is 5.46. The van der Waals surface area contributed by atoms with Gasteiger partial charge in [0.15, 0.2) is 6.10 Å². The molecule has 0 aliphatic rings. The lowest BCUT2D eigenvalue weighted by atomic mass is 9.87. The second kappa shape index (κ2) is 6.35. The van der Waals surface area contributed by atoms with Crippen molar-refractivity contribution in [2.24, 2.45) is 5.41 Å². The Labute approximate surface area is 114 Å². The number of ether oxygens (including phenoxy) is 1. The zero-order valence-electron chi connectivity index (χ0n) is 11.8. The van der Waals surface area contributed by atoms with E-state index < -0.39 is 12.1 Å². The van der Waals surface area contributed by atoms with Crippen LogP contribution in [0.5, 0.6) is 0 Å². The second-order valence-corrected chi connectivity index (χ2v) is 5.46. The van der Waals surface area contributed by atoms with Gasteiger partial charge >= 0.3 is 0 Å². The van der Waals surface area contributed by atoms with Crippen LogP contribution < -0.4 is 5.32 Å². The molecule has 1 rings (SSSR count). The highest BCUT2D eigenvalue weighted by Crippen LogP contribution is 2.21. The maximum absolute atomic E-state index is 12.2. The molecule has 19 heavy (non-hydrogen) atoms. The van der Waals surface area contributed by atoms with E-state index in [0.717, 1.165) is 5.56 Å². The molecular weight excluding hydrogens is 240 g/mol. The van der Waals surface area contributed by atoms with Gasteiger partial charge in [0.1, 0.15) is 6.04 Å². The summed E-state index contributed by atoms with van der Waals surface area (Å²) in [4.78, 5) is 12.2. The van der Waals surface area contributed by atoms with Crippen molar-refractivity contribution in [2.75, 3.05) is 7.11 Å². The monoisotopic (exact) mass is 260 g/mol. The number of nitrogens with zero attached hydrogens (tertiary/aromatic N) is 1. The fourth-order valence-electron chi connectivity index (χ4n) is 1.68. The number of nitrogens with one attached hydrogen (secondary N) is 1. The lowest BCUT2D eigenvalue weighted by Crippen LogP contribution is -2.44. The maximum Gasteiger partial charge on any atom is 0.254 e. The standard InChI is InChI=1S/C15H20N2O2/c1-15(2,3)12(10-16)17-14(18)13(19-4)11-8-6-5-7-9-11/h5-9,12-13H,1-4H3,(H,17,18). The Balaban J connectivity index is 2.84. The van der Waals surface area contributed by atoms with Gasteiger partial charge in [0.05, 0.1) is 6.07 Å². The number of rotatable bonds is 4. The summed E-state index contributed by atoms with van der Waals surface area (Å²) in [5.41, 5.74) is 0.451. The minimum Gasteiger partial charge on any atom is -0.367 e. The lowest BCUT2D eigenvalue weighted by molar-refractivity contribution is -0.132. The average molecular weight is 260 g/mol. The molecule has 4 heteroatoms. The van der Waals surface area contributed by atoms with E-state index in [9.17, 15) is 4.79 Å². The minimum atomic E-state index is -0.695. The van der Waals surface area contributed by atoms with E-state index in [1.165, 1.54) is 7.11 Å². The number of hydrogen-bond acceptors (Lipinski definition) is 3. The van der Waals surface area contributed by atoms with Crippen LogP contribution in [0.3, 0.4) is 0 Å². The fourth-order valence-corrected chi connectivity index (χ4v) is 1.68. The number of carbonyl (C=O) groups is 1. The van der Waals surface area contributed by atoms with E-state index in [1.54, 1.807) is 0 Å². The molecule has 0 aliphatic heterocycles. The lowest BCUT2D eigenvalue weighted by Gasteiger charge is -2.27. The molecule has 2 unspecified atom stereocenters. The SMILES string of the molecule is COC(C(=O)NC(C#N)C(C)(C)C)c1ccccc1. The molecule has 4 nitrogen and oxygen atoms in total. The van der Waals surface area contributed by atoms with Crippen LogP contribution in [0, 0.1) is 16.7 Å². The van der Waals surface area contributed by atoms with Crippen LogP contribution >= 0.6 is 0 Å². The van der Waals surface area contributed by atoms with Gasteiger partial charge in [-0.05, 0) is 11.0 Å². The van der Waals surface area contributed by atoms with E-state index in [-0.39, 0.29) is 11.3 Å². The summed E-state index contributed by atoms with van der Waals surface area (Å²) in [7, 11) is 1.48. The van der Waals surface area contributed by atoms with E-state index in [1.807, 2.05) is 51.1 Å². The van der Waals surface area contributed by atoms with E-state index in [0.29, 0.717) is 0 Å². The normalized spacial score (nSPS) is 14.3. The van der Waals surface area contributed by atoms with Gasteiger partial charge in [-0.1, -0.05) is 51.1 Å². The summed E-state index contributed by atoms with van der Waals surface area (Å²) in [6, 6.07) is 10.8.